The van der Waals surface area contributed by atoms with E-state index >= 15 is 0 Å². The SMILES string of the molecule is COC[C@@H]1CN(CC2CC2)C[C@]12CCN(C(=O)c1cccc(OC)c1)C2. The summed E-state index contributed by atoms with van der Waals surface area (Å²) in [4.78, 5) is 17.7. The molecular formula is C21H30N2O3. The molecule has 0 unspecified atom stereocenters. The molecule has 1 spiro atoms. The Morgan fingerprint density at radius 1 is 1.27 bits per heavy atom. The topological polar surface area (TPSA) is 42.0 Å². The summed E-state index contributed by atoms with van der Waals surface area (Å²) in [5.74, 6) is 2.29. The van der Waals surface area contributed by atoms with Gasteiger partial charge in [-0.15, -0.1) is 0 Å². The van der Waals surface area contributed by atoms with Gasteiger partial charge < -0.3 is 19.3 Å². The molecule has 1 aliphatic carbocycles. The van der Waals surface area contributed by atoms with Crippen LogP contribution in [0.4, 0.5) is 0 Å². The highest BCUT2D eigenvalue weighted by Gasteiger charge is 2.51. The lowest BCUT2D eigenvalue weighted by Gasteiger charge is -2.30. The fraction of sp³-hybridized carbons (Fsp3) is 0.667. The van der Waals surface area contributed by atoms with E-state index in [1.165, 1.54) is 19.4 Å². The number of rotatable bonds is 6. The number of ether oxygens (including phenoxy) is 2. The van der Waals surface area contributed by atoms with Gasteiger partial charge in [0, 0.05) is 56.7 Å². The van der Waals surface area contributed by atoms with E-state index in [1.54, 1.807) is 14.2 Å². The maximum atomic E-state index is 13.0. The Labute approximate surface area is 156 Å². The van der Waals surface area contributed by atoms with Crippen LogP contribution in [-0.2, 0) is 4.74 Å². The second-order valence-electron chi connectivity index (χ2n) is 8.36. The Hall–Kier alpha value is -1.59. The van der Waals surface area contributed by atoms with Crippen LogP contribution < -0.4 is 4.74 Å². The molecule has 142 valence electrons. The van der Waals surface area contributed by atoms with Crippen LogP contribution in [0.3, 0.4) is 0 Å². The number of amides is 1. The van der Waals surface area contributed by atoms with Crippen molar-refractivity contribution < 1.29 is 14.3 Å². The number of likely N-dealkylation sites (tertiary alicyclic amines) is 2. The van der Waals surface area contributed by atoms with E-state index in [-0.39, 0.29) is 11.3 Å². The molecule has 1 amide bonds. The molecular weight excluding hydrogens is 328 g/mol. The lowest BCUT2D eigenvalue weighted by molar-refractivity contribution is 0.0715. The average molecular weight is 358 g/mol. The monoisotopic (exact) mass is 358 g/mol. The number of carbonyl (C=O) groups is 1. The zero-order chi connectivity index (χ0) is 18.1. The van der Waals surface area contributed by atoms with E-state index in [0.29, 0.717) is 5.92 Å². The zero-order valence-corrected chi connectivity index (χ0v) is 15.9. The van der Waals surface area contributed by atoms with Crippen molar-refractivity contribution >= 4 is 5.91 Å². The minimum Gasteiger partial charge on any atom is -0.497 e. The molecule has 26 heavy (non-hydrogen) atoms. The van der Waals surface area contributed by atoms with Gasteiger partial charge in [-0.2, -0.15) is 0 Å². The Morgan fingerprint density at radius 3 is 2.85 bits per heavy atom. The van der Waals surface area contributed by atoms with Gasteiger partial charge in [-0.1, -0.05) is 6.07 Å². The number of methoxy groups -OCH3 is 2. The van der Waals surface area contributed by atoms with E-state index in [2.05, 4.69) is 4.90 Å². The summed E-state index contributed by atoms with van der Waals surface area (Å²) in [6.45, 7) is 5.94. The largest absolute Gasteiger partial charge is 0.497 e. The quantitative estimate of drug-likeness (QED) is 0.784. The number of nitrogens with zero attached hydrogens (tertiary/aromatic N) is 2. The maximum Gasteiger partial charge on any atom is 0.254 e. The van der Waals surface area contributed by atoms with Crippen LogP contribution in [0.1, 0.15) is 29.6 Å². The van der Waals surface area contributed by atoms with Crippen molar-refractivity contribution in [1.29, 1.82) is 0 Å². The Kier molecular flexibility index (Phi) is 4.93. The van der Waals surface area contributed by atoms with Crippen LogP contribution in [0.5, 0.6) is 5.75 Å². The second-order valence-corrected chi connectivity index (χ2v) is 8.36. The maximum absolute atomic E-state index is 13.0. The van der Waals surface area contributed by atoms with Gasteiger partial charge in [-0.05, 0) is 43.4 Å². The predicted molar refractivity (Wildman–Crippen MR) is 100 cm³/mol. The van der Waals surface area contributed by atoms with Crippen molar-refractivity contribution in [3.05, 3.63) is 29.8 Å². The summed E-state index contributed by atoms with van der Waals surface area (Å²) < 4.78 is 10.8. The summed E-state index contributed by atoms with van der Waals surface area (Å²) in [6.07, 6.45) is 3.86. The van der Waals surface area contributed by atoms with Gasteiger partial charge in [0.2, 0.25) is 0 Å². The molecule has 0 radical (unpaired) electrons. The van der Waals surface area contributed by atoms with Gasteiger partial charge >= 0.3 is 0 Å². The molecule has 2 heterocycles. The molecule has 1 aromatic rings. The molecule has 4 rings (SSSR count). The van der Waals surface area contributed by atoms with E-state index < -0.39 is 0 Å². The van der Waals surface area contributed by atoms with Crippen LogP contribution in [-0.4, -0.2) is 69.3 Å². The third kappa shape index (κ3) is 3.47. The minimum atomic E-state index is 0.123. The van der Waals surface area contributed by atoms with Gasteiger partial charge in [0.15, 0.2) is 0 Å². The van der Waals surface area contributed by atoms with Gasteiger partial charge in [0.05, 0.1) is 13.7 Å². The van der Waals surface area contributed by atoms with Crippen molar-refractivity contribution in [3.8, 4) is 5.75 Å². The molecule has 2 atom stereocenters. The van der Waals surface area contributed by atoms with E-state index in [1.807, 2.05) is 29.2 Å². The van der Waals surface area contributed by atoms with Crippen molar-refractivity contribution in [3.63, 3.8) is 0 Å². The summed E-state index contributed by atoms with van der Waals surface area (Å²) in [6, 6.07) is 7.49. The normalized spacial score (nSPS) is 28.8. The van der Waals surface area contributed by atoms with Crippen molar-refractivity contribution in [2.24, 2.45) is 17.3 Å². The van der Waals surface area contributed by atoms with E-state index in [9.17, 15) is 4.79 Å². The van der Waals surface area contributed by atoms with E-state index in [0.717, 1.165) is 56.4 Å². The van der Waals surface area contributed by atoms with E-state index in [4.69, 9.17) is 9.47 Å². The summed E-state index contributed by atoms with van der Waals surface area (Å²) in [5, 5.41) is 0. The molecule has 1 aromatic carbocycles. The molecule has 3 aliphatic rings. The molecule has 2 saturated heterocycles. The number of carbonyl (C=O) groups excluding carboxylic acids is 1. The first-order chi connectivity index (χ1) is 12.6. The van der Waals surface area contributed by atoms with Gasteiger partial charge in [-0.3, -0.25) is 4.79 Å². The average Bonchev–Trinajstić information content (AvgIpc) is 3.27. The lowest BCUT2D eigenvalue weighted by Crippen LogP contribution is -2.38. The third-order valence-electron chi connectivity index (χ3n) is 6.45. The van der Waals surface area contributed by atoms with Crippen LogP contribution in [0, 0.1) is 17.3 Å². The van der Waals surface area contributed by atoms with Crippen LogP contribution in [0.2, 0.25) is 0 Å². The first-order valence-corrected chi connectivity index (χ1v) is 9.78. The number of hydrogen-bond donors (Lipinski definition) is 0. The molecule has 2 aliphatic heterocycles. The van der Waals surface area contributed by atoms with Crippen LogP contribution in [0.25, 0.3) is 0 Å². The first kappa shape index (κ1) is 17.8. The van der Waals surface area contributed by atoms with Crippen LogP contribution >= 0.6 is 0 Å². The second kappa shape index (κ2) is 7.20. The molecule has 5 nitrogen and oxygen atoms in total. The molecule has 0 bridgehead atoms. The van der Waals surface area contributed by atoms with Gasteiger partial charge in [0.25, 0.3) is 5.91 Å². The standard InChI is InChI=1S/C21H30N2O3/c1-25-13-18-12-22(11-16-6-7-16)14-21(18)8-9-23(15-21)20(24)17-4-3-5-19(10-17)26-2/h3-5,10,16,18H,6-9,11-15H2,1-2H3/t18-,21-/m0/s1. The third-order valence-corrected chi connectivity index (χ3v) is 6.45. The summed E-state index contributed by atoms with van der Waals surface area (Å²) in [5.41, 5.74) is 0.914. The molecule has 1 saturated carbocycles. The van der Waals surface area contributed by atoms with Gasteiger partial charge in [0.1, 0.15) is 5.75 Å². The number of hydrogen-bond acceptors (Lipinski definition) is 4. The highest BCUT2D eigenvalue weighted by atomic mass is 16.5. The number of benzene rings is 1. The van der Waals surface area contributed by atoms with Crippen molar-refractivity contribution in [1.82, 2.24) is 9.80 Å². The highest BCUT2D eigenvalue weighted by Crippen LogP contribution is 2.45. The first-order valence-electron chi connectivity index (χ1n) is 9.78. The zero-order valence-electron chi connectivity index (χ0n) is 15.9. The van der Waals surface area contributed by atoms with Crippen molar-refractivity contribution in [2.75, 3.05) is 53.6 Å². The highest BCUT2D eigenvalue weighted by molar-refractivity contribution is 5.94. The predicted octanol–water partition coefficient (Wildman–Crippen LogP) is 2.52. The smallest absolute Gasteiger partial charge is 0.254 e. The molecule has 3 fully saturated rings. The van der Waals surface area contributed by atoms with Gasteiger partial charge in [-0.25, -0.2) is 0 Å². The molecule has 0 N–H and O–H groups in total. The fourth-order valence-corrected chi connectivity index (χ4v) is 4.85. The fourth-order valence-electron chi connectivity index (χ4n) is 4.85. The molecule has 0 aromatic heterocycles. The lowest BCUT2D eigenvalue weighted by atomic mass is 9.77. The summed E-state index contributed by atoms with van der Waals surface area (Å²) in [7, 11) is 3.43. The molecule has 5 heteroatoms. The summed E-state index contributed by atoms with van der Waals surface area (Å²) >= 11 is 0. The van der Waals surface area contributed by atoms with Crippen LogP contribution in [0.15, 0.2) is 24.3 Å². The van der Waals surface area contributed by atoms with Crippen molar-refractivity contribution in [2.45, 2.75) is 19.3 Å². The Bertz CT molecular complexity index is 660. The Balaban J connectivity index is 1.47. The minimum absolute atomic E-state index is 0.123. The Morgan fingerprint density at radius 2 is 2.12 bits per heavy atom.